The van der Waals surface area contributed by atoms with Crippen molar-refractivity contribution in [2.45, 2.75) is 27.1 Å². The van der Waals surface area contributed by atoms with Crippen LogP contribution in [0.3, 0.4) is 0 Å². The van der Waals surface area contributed by atoms with Gasteiger partial charge in [-0.2, -0.15) is 0 Å². The lowest BCUT2D eigenvalue weighted by Crippen LogP contribution is -2.19. The maximum absolute atomic E-state index is 11.7. The Balaban J connectivity index is 2.35. The van der Waals surface area contributed by atoms with Gasteiger partial charge < -0.3 is 9.47 Å². The highest BCUT2D eigenvalue weighted by Crippen LogP contribution is 2.05. The van der Waals surface area contributed by atoms with E-state index in [0.29, 0.717) is 18.1 Å². The van der Waals surface area contributed by atoms with E-state index in [-0.39, 0.29) is 12.4 Å². The molecule has 1 rings (SSSR count). The molecule has 0 N–H and O–H groups in total. The third-order valence-electron chi connectivity index (χ3n) is 2.66. The predicted octanol–water partition coefficient (Wildman–Crippen LogP) is 3.12. The molecular formula is C17H22O4. The highest BCUT2D eigenvalue weighted by Gasteiger charge is 2.05. The van der Waals surface area contributed by atoms with Crippen molar-refractivity contribution in [3.8, 4) is 0 Å². The van der Waals surface area contributed by atoms with E-state index in [1.165, 1.54) is 6.08 Å². The third-order valence-corrected chi connectivity index (χ3v) is 2.66. The average Bonchev–Trinajstić information content (AvgIpc) is 2.49. The summed E-state index contributed by atoms with van der Waals surface area (Å²) in [5.41, 5.74) is 1.47. The van der Waals surface area contributed by atoms with Crippen molar-refractivity contribution >= 4 is 18.1 Å². The monoisotopic (exact) mass is 290 g/mol. The lowest BCUT2D eigenvalue weighted by Gasteiger charge is -2.14. The van der Waals surface area contributed by atoms with Crippen molar-refractivity contribution in [3.63, 3.8) is 0 Å². The largest absolute Gasteiger partial charge is 0.353 e. The first-order valence-electron chi connectivity index (χ1n) is 7.00. The van der Waals surface area contributed by atoms with Crippen molar-refractivity contribution in [1.29, 1.82) is 0 Å². The van der Waals surface area contributed by atoms with E-state index in [2.05, 4.69) is 13.8 Å². The summed E-state index contributed by atoms with van der Waals surface area (Å²) in [4.78, 5) is 22.2. The molecular weight excluding hydrogens is 268 g/mol. The summed E-state index contributed by atoms with van der Waals surface area (Å²) in [6, 6.07) is 6.97. The fourth-order valence-electron chi connectivity index (χ4n) is 1.50. The topological polar surface area (TPSA) is 52.6 Å². The molecule has 0 saturated heterocycles. The molecule has 0 aliphatic rings. The van der Waals surface area contributed by atoms with Gasteiger partial charge in [0.2, 0.25) is 0 Å². The molecule has 4 nitrogen and oxygen atoms in total. The maximum atomic E-state index is 11.7. The second-order valence-electron chi connectivity index (χ2n) is 5.19. The summed E-state index contributed by atoms with van der Waals surface area (Å²) < 4.78 is 10.7. The van der Waals surface area contributed by atoms with Gasteiger partial charge in [0.05, 0.1) is 6.61 Å². The van der Waals surface area contributed by atoms with E-state index in [4.69, 9.17) is 9.47 Å². The molecule has 0 amide bonds. The quantitative estimate of drug-likeness (QED) is 0.398. The first-order chi connectivity index (χ1) is 10.0. The number of ether oxygens (including phenoxy) is 2. The summed E-state index contributed by atoms with van der Waals surface area (Å²) in [5.74, 6) is 0.301. The number of hydrogen-bond acceptors (Lipinski definition) is 4. The van der Waals surface area contributed by atoms with Gasteiger partial charge in [-0.25, -0.2) is 0 Å². The van der Waals surface area contributed by atoms with Crippen LogP contribution in [0, 0.1) is 5.92 Å². The van der Waals surface area contributed by atoms with Gasteiger partial charge in [0.25, 0.3) is 0 Å². The van der Waals surface area contributed by atoms with E-state index in [1.54, 1.807) is 37.3 Å². The van der Waals surface area contributed by atoms with Crippen LogP contribution in [0.2, 0.25) is 0 Å². The molecule has 0 saturated carbocycles. The molecule has 0 heterocycles. The Kier molecular flexibility index (Phi) is 7.58. The fraction of sp³-hybridized carbons (Fsp3) is 0.412. The highest BCUT2D eigenvalue weighted by molar-refractivity contribution is 5.94. The predicted molar refractivity (Wildman–Crippen MR) is 82.1 cm³/mol. The fourth-order valence-corrected chi connectivity index (χ4v) is 1.50. The molecule has 4 heteroatoms. The van der Waals surface area contributed by atoms with Crippen LogP contribution in [0.15, 0.2) is 30.3 Å². The average molecular weight is 290 g/mol. The number of carbonyl (C=O) groups is 2. The van der Waals surface area contributed by atoms with Crippen LogP contribution in [-0.4, -0.2) is 31.6 Å². The van der Waals surface area contributed by atoms with Crippen LogP contribution in [0.5, 0.6) is 0 Å². The molecule has 0 fully saturated rings. The lowest BCUT2D eigenvalue weighted by atomic mass is 10.1. The van der Waals surface area contributed by atoms with Crippen molar-refractivity contribution in [2.75, 3.05) is 13.2 Å². The second kappa shape index (κ2) is 9.21. The van der Waals surface area contributed by atoms with Gasteiger partial charge in [-0.05, 0) is 24.5 Å². The molecule has 0 aliphatic heterocycles. The number of hydrogen-bond donors (Lipinski definition) is 0. The summed E-state index contributed by atoms with van der Waals surface area (Å²) >= 11 is 0. The molecule has 1 aromatic rings. The standard InChI is InChI=1S/C17H22O4/c1-13(2)11-20-14(3)21-12-17(19)9-8-15-4-6-16(10-18)7-5-15/h4-10,13-14H,11-12H2,1-3H3/b9-8+. The lowest BCUT2D eigenvalue weighted by molar-refractivity contribution is -0.149. The van der Waals surface area contributed by atoms with E-state index >= 15 is 0 Å². The van der Waals surface area contributed by atoms with Crippen LogP contribution < -0.4 is 0 Å². The zero-order valence-corrected chi connectivity index (χ0v) is 12.7. The van der Waals surface area contributed by atoms with Crippen LogP contribution in [0.4, 0.5) is 0 Å². The molecule has 1 atom stereocenters. The number of carbonyl (C=O) groups excluding carboxylic acids is 2. The van der Waals surface area contributed by atoms with Gasteiger partial charge in [-0.15, -0.1) is 0 Å². The number of benzene rings is 1. The summed E-state index contributed by atoms with van der Waals surface area (Å²) in [6.45, 7) is 6.47. The van der Waals surface area contributed by atoms with E-state index in [0.717, 1.165) is 11.8 Å². The summed E-state index contributed by atoms with van der Waals surface area (Å²) in [5, 5.41) is 0. The van der Waals surface area contributed by atoms with Crippen molar-refractivity contribution in [3.05, 3.63) is 41.5 Å². The molecule has 1 aromatic carbocycles. The molecule has 0 bridgehead atoms. The van der Waals surface area contributed by atoms with Crippen LogP contribution in [-0.2, 0) is 14.3 Å². The Hall–Kier alpha value is -1.78. The number of rotatable bonds is 9. The maximum Gasteiger partial charge on any atom is 0.181 e. The van der Waals surface area contributed by atoms with Crippen molar-refractivity contribution < 1.29 is 19.1 Å². The van der Waals surface area contributed by atoms with Gasteiger partial charge in [0.1, 0.15) is 12.9 Å². The van der Waals surface area contributed by atoms with Crippen molar-refractivity contribution in [2.24, 2.45) is 5.92 Å². The van der Waals surface area contributed by atoms with Crippen LogP contribution in [0.1, 0.15) is 36.7 Å². The molecule has 0 aromatic heterocycles. The van der Waals surface area contributed by atoms with E-state index in [9.17, 15) is 9.59 Å². The van der Waals surface area contributed by atoms with Gasteiger partial charge >= 0.3 is 0 Å². The highest BCUT2D eigenvalue weighted by atomic mass is 16.7. The first kappa shape index (κ1) is 17.3. The Morgan fingerprint density at radius 3 is 2.29 bits per heavy atom. The van der Waals surface area contributed by atoms with Gasteiger partial charge in [0.15, 0.2) is 12.1 Å². The van der Waals surface area contributed by atoms with Crippen LogP contribution >= 0.6 is 0 Å². The van der Waals surface area contributed by atoms with Crippen molar-refractivity contribution in [1.82, 2.24) is 0 Å². The molecule has 0 aliphatic carbocycles. The number of aldehydes is 1. The smallest absolute Gasteiger partial charge is 0.181 e. The molecule has 1 unspecified atom stereocenters. The zero-order valence-electron chi connectivity index (χ0n) is 12.7. The second-order valence-corrected chi connectivity index (χ2v) is 5.19. The molecule has 0 radical (unpaired) electrons. The molecule has 114 valence electrons. The minimum atomic E-state index is -0.392. The minimum Gasteiger partial charge on any atom is -0.353 e. The minimum absolute atomic E-state index is 0.0117. The normalized spacial score (nSPS) is 12.8. The molecule has 21 heavy (non-hydrogen) atoms. The zero-order chi connectivity index (χ0) is 15.7. The van der Waals surface area contributed by atoms with E-state index in [1.807, 2.05) is 0 Å². The third kappa shape index (κ3) is 7.54. The Labute approximate surface area is 125 Å². The first-order valence-corrected chi connectivity index (χ1v) is 7.00. The van der Waals surface area contributed by atoms with Gasteiger partial charge in [-0.1, -0.05) is 44.2 Å². The van der Waals surface area contributed by atoms with Gasteiger partial charge in [-0.3, -0.25) is 9.59 Å². The van der Waals surface area contributed by atoms with Crippen LogP contribution in [0.25, 0.3) is 6.08 Å². The summed E-state index contributed by atoms with van der Waals surface area (Å²) in [6.07, 6.45) is 3.55. The Morgan fingerprint density at radius 1 is 1.10 bits per heavy atom. The van der Waals surface area contributed by atoms with E-state index < -0.39 is 6.29 Å². The molecule has 0 spiro atoms. The SMILES string of the molecule is CC(C)COC(C)OCC(=O)/C=C/c1ccc(C=O)cc1. The Bertz CT molecular complexity index is 474. The summed E-state index contributed by atoms with van der Waals surface area (Å²) in [7, 11) is 0. The van der Waals surface area contributed by atoms with Gasteiger partial charge in [0, 0.05) is 5.56 Å². The number of ketones is 1. The Morgan fingerprint density at radius 2 is 1.71 bits per heavy atom.